The van der Waals surface area contributed by atoms with Gasteiger partial charge in [-0.2, -0.15) is 0 Å². The molecule has 0 aliphatic heterocycles. The molecule has 0 fully saturated rings. The molecule has 0 atom stereocenters. The van der Waals surface area contributed by atoms with Crippen LogP contribution in [0.2, 0.25) is 0 Å². The largest absolute Gasteiger partial charge is 5.00 e. The van der Waals surface area contributed by atoms with Gasteiger partial charge in [-0.15, -0.1) is 0 Å². The first kappa shape index (κ1) is 34.4. The molecule has 0 saturated heterocycles. The topological polar surface area (TPSA) is 306 Å². The van der Waals surface area contributed by atoms with Crippen molar-refractivity contribution in [1.29, 1.82) is 0 Å². The molecule has 120 valence electrons. The van der Waals surface area contributed by atoms with Gasteiger partial charge in [-0.25, -0.2) is 0 Å². The molecule has 0 rings (SSSR count). The summed E-state index contributed by atoms with van der Waals surface area (Å²) >= 11 is 0. The van der Waals surface area contributed by atoms with Gasteiger partial charge in [-0.1, -0.05) is 0 Å². The summed E-state index contributed by atoms with van der Waals surface area (Å²) in [6.45, 7) is 0. The van der Waals surface area contributed by atoms with Gasteiger partial charge in [0.15, 0.2) is 0 Å². The average molecular weight is 442 g/mol. The van der Waals surface area contributed by atoms with Gasteiger partial charge in [0.2, 0.25) is 0 Å². The Morgan fingerprint density at radius 1 is 0.524 bits per heavy atom. The van der Waals surface area contributed by atoms with Crippen molar-refractivity contribution in [3.63, 3.8) is 0 Å². The molecule has 0 unspecified atom stereocenters. The fourth-order valence-electron chi connectivity index (χ4n) is 0.245. The fourth-order valence-corrected chi connectivity index (χ4v) is 2.20. The van der Waals surface area contributed by atoms with E-state index < -0.39 is 31.3 Å². The third-order valence-corrected chi connectivity index (χ3v) is 3.60. The van der Waals surface area contributed by atoms with E-state index in [9.17, 15) is 57.4 Å². The SMILES string of the molecule is O=P([O-])([O-])OP(=O)([O-])[O-].O=P([O-])([O-])OP(=O)([O-])[O-].[Na+].[OH4+2].[V+5]. The van der Waals surface area contributed by atoms with Crippen molar-refractivity contribution in [2.45, 2.75) is 0 Å². The van der Waals surface area contributed by atoms with Gasteiger partial charge < -0.3 is 71.5 Å². The Bertz CT molecular complexity index is 349. The smallest absolute Gasteiger partial charge is 0.873 e. The molecule has 0 aliphatic rings. The first-order valence-electron chi connectivity index (χ1n) is 2.92. The Morgan fingerprint density at radius 2 is 0.619 bits per heavy atom. The molecule has 0 spiro atoms. The minimum atomic E-state index is -5.68. The molecule has 0 bridgehead atoms. The summed E-state index contributed by atoms with van der Waals surface area (Å²) in [5.41, 5.74) is 0. The van der Waals surface area contributed by atoms with Crippen LogP contribution >= 0.6 is 31.3 Å². The van der Waals surface area contributed by atoms with Crippen LogP contribution < -0.4 is 68.7 Å². The Balaban J connectivity index is -0.0000000711. The van der Waals surface area contributed by atoms with E-state index in [0.717, 1.165) is 0 Å². The second-order valence-electron chi connectivity index (χ2n) is 1.95. The third-order valence-electron chi connectivity index (χ3n) is 0.400. The maximum Gasteiger partial charge on any atom is 5.00 e. The quantitative estimate of drug-likeness (QED) is 0.288. The molecule has 0 saturated carbocycles. The molecule has 0 amide bonds. The molecule has 21 heteroatoms. The zero-order valence-corrected chi connectivity index (χ0v) is 16.6. The van der Waals surface area contributed by atoms with Crippen LogP contribution in [0.4, 0.5) is 0 Å². The summed E-state index contributed by atoms with van der Waals surface area (Å²) in [7, 11) is -22.7. The summed E-state index contributed by atoms with van der Waals surface area (Å²) in [4.78, 5) is 74.6. The van der Waals surface area contributed by atoms with E-state index >= 15 is 0 Å². The van der Waals surface area contributed by atoms with Crippen molar-refractivity contribution in [2.24, 2.45) is 0 Å². The molecule has 0 heterocycles. The van der Waals surface area contributed by atoms with Crippen molar-refractivity contribution >= 4 is 31.3 Å². The Morgan fingerprint density at radius 3 is 0.619 bits per heavy atom. The Kier molecular flexibility index (Phi) is 20.4. The van der Waals surface area contributed by atoms with Gasteiger partial charge in [0.25, 0.3) is 0 Å². The minimum Gasteiger partial charge on any atom is -0.873 e. The Hall–Kier alpha value is 2.06. The van der Waals surface area contributed by atoms with Crippen LogP contribution in [0.25, 0.3) is 0 Å². The van der Waals surface area contributed by atoms with Gasteiger partial charge in [0.05, 0.1) is 31.3 Å². The molecule has 0 aliphatic carbocycles. The first-order chi connectivity index (χ1) is 7.41. The monoisotopic (exact) mass is 442 g/mol. The molecule has 0 aromatic carbocycles. The van der Waals surface area contributed by atoms with Gasteiger partial charge in [-0.3, -0.25) is 0 Å². The number of rotatable bonds is 4. The van der Waals surface area contributed by atoms with E-state index in [1.165, 1.54) is 0 Å². The summed E-state index contributed by atoms with van der Waals surface area (Å²) < 4.78 is 42.3. The van der Waals surface area contributed by atoms with E-state index in [4.69, 9.17) is 0 Å². The van der Waals surface area contributed by atoms with Crippen molar-refractivity contribution in [1.82, 2.24) is 0 Å². The molecule has 0 radical (unpaired) electrons. The second kappa shape index (κ2) is 12.4. The van der Waals surface area contributed by atoms with Crippen LogP contribution in [0.3, 0.4) is 0 Å². The predicted octanol–water partition coefficient (Wildman–Crippen LogP) is -10.9. The van der Waals surface area contributed by atoms with Crippen LogP contribution in [0, 0.1) is 0 Å². The summed E-state index contributed by atoms with van der Waals surface area (Å²) in [6, 6.07) is 0. The molecule has 0 aromatic heterocycles. The zero-order valence-electron chi connectivity index (χ0n) is 9.66. The van der Waals surface area contributed by atoms with Crippen molar-refractivity contribution in [3.8, 4) is 0 Å². The predicted molar refractivity (Wildman–Crippen MR) is 38.9 cm³/mol. The average Bonchev–Trinajstić information content (AvgIpc) is 1.64. The molecule has 21 heavy (non-hydrogen) atoms. The van der Waals surface area contributed by atoms with Crippen molar-refractivity contribution in [3.05, 3.63) is 0 Å². The number of phosphoric acid groups is 4. The van der Waals surface area contributed by atoms with E-state index in [1.54, 1.807) is 0 Å². The Labute approximate surface area is 150 Å². The van der Waals surface area contributed by atoms with Crippen LogP contribution in [-0.2, 0) is 50.9 Å². The normalized spacial score (nSPS) is 11.8. The van der Waals surface area contributed by atoms with Crippen molar-refractivity contribution in [2.75, 3.05) is 0 Å². The van der Waals surface area contributed by atoms with E-state index in [1.807, 2.05) is 0 Å². The summed E-state index contributed by atoms with van der Waals surface area (Å²) in [5, 5.41) is 0. The molecule has 15 nitrogen and oxygen atoms in total. The molecular formula is H4NaO15P4V. The zero-order chi connectivity index (χ0) is 15.4. The number of hydrogen-bond donors (Lipinski definition) is 0. The second-order valence-corrected chi connectivity index (χ2v) is 6.84. The van der Waals surface area contributed by atoms with Crippen molar-refractivity contribution < 1.29 is 120 Å². The van der Waals surface area contributed by atoms with E-state index in [-0.39, 0.29) is 53.6 Å². The number of hydrogen-bond acceptors (Lipinski definition) is 14. The summed E-state index contributed by atoms with van der Waals surface area (Å²) in [6.07, 6.45) is 0. The maximum absolute atomic E-state index is 9.32. The fraction of sp³-hybridized carbons (Fsp3) is 0. The molecular weight excluding hydrogens is 438 g/mol. The van der Waals surface area contributed by atoms with Gasteiger partial charge >= 0.3 is 48.1 Å². The van der Waals surface area contributed by atoms with Gasteiger partial charge in [-0.05, 0) is 0 Å². The van der Waals surface area contributed by atoms with Crippen LogP contribution in [0.1, 0.15) is 0 Å². The van der Waals surface area contributed by atoms with Crippen LogP contribution in [-0.4, -0.2) is 0 Å². The van der Waals surface area contributed by atoms with E-state index in [2.05, 4.69) is 8.62 Å². The van der Waals surface area contributed by atoms with Gasteiger partial charge in [0, 0.05) is 0 Å². The van der Waals surface area contributed by atoms with E-state index in [0.29, 0.717) is 0 Å². The van der Waals surface area contributed by atoms with Crippen LogP contribution in [0.5, 0.6) is 0 Å². The van der Waals surface area contributed by atoms with Crippen LogP contribution in [0.15, 0.2) is 0 Å². The minimum absolute atomic E-state index is 0. The third kappa shape index (κ3) is 44.9. The standard InChI is InChI=1S/Na.2H4O7P2.H4O.V/c;2*1-8(2,3)7-9(4,5)6;;/h;2*(H2,1,2,3)(H2,4,5,6);1H4;/q+1;;;+2;+5/p-8. The summed E-state index contributed by atoms with van der Waals surface area (Å²) in [5.74, 6) is 0. The molecule has 0 aromatic rings. The first-order valence-corrected chi connectivity index (χ1v) is 8.76. The maximum atomic E-state index is 9.32. The molecule has 4 N–H and O–H groups in total. The van der Waals surface area contributed by atoms with Gasteiger partial charge in [0.1, 0.15) is 0 Å².